The maximum Gasteiger partial charge on any atom is 0.350 e. The van der Waals surface area contributed by atoms with Crippen molar-refractivity contribution in [3.05, 3.63) is 58.6 Å². The van der Waals surface area contributed by atoms with Crippen LogP contribution < -0.4 is 15.2 Å². The maximum absolute atomic E-state index is 12.4. The van der Waals surface area contributed by atoms with Crippen molar-refractivity contribution in [2.75, 3.05) is 13.8 Å². The number of ether oxygens (including phenoxy) is 2. The summed E-state index contributed by atoms with van der Waals surface area (Å²) >= 11 is 0. The second kappa shape index (κ2) is 5.97. The molecule has 0 fully saturated rings. The average Bonchev–Trinajstić information content (AvgIpc) is 3.20. The molecule has 0 unspecified atom stereocenters. The number of hydrogen-bond acceptors (Lipinski definition) is 5. The molecule has 1 aliphatic heterocycles. The lowest BCUT2D eigenvalue weighted by atomic mass is 10.2. The minimum Gasteiger partial charge on any atom is -0.454 e. The van der Waals surface area contributed by atoms with Gasteiger partial charge in [0.25, 0.3) is 0 Å². The highest BCUT2D eigenvalue weighted by Gasteiger charge is 2.17. The Bertz CT molecular complexity index is 1010. The molecule has 1 aromatic carbocycles. The highest BCUT2D eigenvalue weighted by atomic mass is 16.7. The third-order valence-corrected chi connectivity index (χ3v) is 4.06. The van der Waals surface area contributed by atoms with E-state index in [4.69, 9.17) is 9.47 Å². The lowest BCUT2D eigenvalue weighted by Crippen LogP contribution is -2.33. The van der Waals surface area contributed by atoms with Gasteiger partial charge in [0.05, 0.1) is 0 Å². The summed E-state index contributed by atoms with van der Waals surface area (Å²) in [7, 11) is 1.69. The van der Waals surface area contributed by atoms with Gasteiger partial charge in [0.2, 0.25) is 12.7 Å². The predicted molar refractivity (Wildman–Crippen MR) is 88.5 cm³/mol. The van der Waals surface area contributed by atoms with Gasteiger partial charge in [-0.1, -0.05) is 12.1 Å². The molecule has 0 spiro atoms. The first-order valence-corrected chi connectivity index (χ1v) is 7.78. The smallest absolute Gasteiger partial charge is 0.350 e. The molecule has 25 heavy (non-hydrogen) atoms. The number of carbonyl (C=O) groups is 1. The molecule has 3 heterocycles. The molecule has 8 nitrogen and oxygen atoms in total. The largest absolute Gasteiger partial charge is 0.454 e. The summed E-state index contributed by atoms with van der Waals surface area (Å²) in [6.07, 6.45) is 1.63. The van der Waals surface area contributed by atoms with Crippen LogP contribution in [0.2, 0.25) is 0 Å². The fourth-order valence-corrected chi connectivity index (χ4v) is 2.72. The van der Waals surface area contributed by atoms with Crippen molar-refractivity contribution in [3.8, 4) is 11.5 Å². The van der Waals surface area contributed by atoms with Crippen LogP contribution in [0.3, 0.4) is 0 Å². The van der Waals surface area contributed by atoms with Gasteiger partial charge in [0.1, 0.15) is 6.54 Å². The van der Waals surface area contributed by atoms with Crippen LogP contribution in [0.5, 0.6) is 11.5 Å². The maximum atomic E-state index is 12.4. The Balaban J connectivity index is 1.48. The second-order valence-corrected chi connectivity index (χ2v) is 5.81. The second-order valence-electron chi connectivity index (χ2n) is 5.81. The number of hydrogen-bond donors (Lipinski definition) is 0. The summed E-state index contributed by atoms with van der Waals surface area (Å²) in [5.74, 6) is 1.17. The van der Waals surface area contributed by atoms with E-state index in [9.17, 15) is 9.59 Å². The molecule has 0 aliphatic carbocycles. The molecule has 128 valence electrons. The van der Waals surface area contributed by atoms with Gasteiger partial charge in [-0.2, -0.15) is 0 Å². The molecular formula is C17H16N4O4. The Morgan fingerprint density at radius 3 is 2.92 bits per heavy atom. The first kappa shape index (κ1) is 15.3. The van der Waals surface area contributed by atoms with E-state index in [0.29, 0.717) is 23.7 Å². The lowest BCUT2D eigenvalue weighted by Gasteiger charge is -2.17. The van der Waals surface area contributed by atoms with E-state index in [-0.39, 0.29) is 24.9 Å². The van der Waals surface area contributed by atoms with E-state index in [0.717, 1.165) is 5.56 Å². The molecule has 0 N–H and O–H groups in total. The van der Waals surface area contributed by atoms with Gasteiger partial charge >= 0.3 is 5.69 Å². The predicted octanol–water partition coefficient (Wildman–Crippen LogP) is 0.883. The Kier molecular flexibility index (Phi) is 3.64. The number of aromatic nitrogens is 3. The van der Waals surface area contributed by atoms with Gasteiger partial charge in [-0.05, 0) is 29.8 Å². The first-order chi connectivity index (χ1) is 12.1. The summed E-state index contributed by atoms with van der Waals surface area (Å²) in [6.45, 7) is 0.503. The van der Waals surface area contributed by atoms with Crippen molar-refractivity contribution in [2.45, 2.75) is 13.1 Å². The molecule has 4 rings (SSSR count). The normalized spacial score (nSPS) is 12.5. The Morgan fingerprint density at radius 1 is 1.24 bits per heavy atom. The molecule has 0 saturated carbocycles. The molecule has 0 bridgehead atoms. The molecule has 0 saturated heterocycles. The molecular weight excluding hydrogens is 324 g/mol. The first-order valence-electron chi connectivity index (χ1n) is 7.78. The molecule has 2 aromatic heterocycles. The van der Waals surface area contributed by atoms with Crippen LogP contribution in [-0.4, -0.2) is 38.8 Å². The zero-order valence-electron chi connectivity index (χ0n) is 13.6. The third kappa shape index (κ3) is 2.82. The van der Waals surface area contributed by atoms with Crippen molar-refractivity contribution < 1.29 is 14.3 Å². The Morgan fingerprint density at radius 2 is 2.08 bits per heavy atom. The van der Waals surface area contributed by atoms with Gasteiger partial charge in [0.15, 0.2) is 17.1 Å². The number of pyridine rings is 1. The van der Waals surface area contributed by atoms with Crippen molar-refractivity contribution in [1.29, 1.82) is 0 Å². The van der Waals surface area contributed by atoms with Crippen LogP contribution in [0, 0.1) is 0 Å². The van der Waals surface area contributed by atoms with E-state index >= 15 is 0 Å². The summed E-state index contributed by atoms with van der Waals surface area (Å²) in [5.41, 5.74) is 1.10. The fourth-order valence-electron chi connectivity index (χ4n) is 2.72. The van der Waals surface area contributed by atoms with Gasteiger partial charge < -0.3 is 14.4 Å². The third-order valence-electron chi connectivity index (χ3n) is 4.06. The minimum atomic E-state index is -0.333. The Labute approximate surface area is 142 Å². The van der Waals surface area contributed by atoms with Crippen molar-refractivity contribution in [3.63, 3.8) is 0 Å². The number of carbonyl (C=O) groups excluding carboxylic acids is 1. The fraction of sp³-hybridized carbons (Fsp3) is 0.235. The van der Waals surface area contributed by atoms with Crippen molar-refractivity contribution in [2.24, 2.45) is 0 Å². The lowest BCUT2D eigenvalue weighted by molar-refractivity contribution is -0.131. The van der Waals surface area contributed by atoms with E-state index in [2.05, 4.69) is 5.10 Å². The van der Waals surface area contributed by atoms with Crippen LogP contribution >= 0.6 is 0 Å². The van der Waals surface area contributed by atoms with Crippen molar-refractivity contribution >= 4 is 11.6 Å². The minimum absolute atomic E-state index is 0.110. The molecule has 1 aliphatic rings. The van der Waals surface area contributed by atoms with E-state index in [1.165, 1.54) is 9.08 Å². The summed E-state index contributed by atoms with van der Waals surface area (Å²) < 4.78 is 13.2. The number of fused-ring (bicyclic) bond motifs is 2. The van der Waals surface area contributed by atoms with Gasteiger partial charge in [-0.15, -0.1) is 5.10 Å². The highest BCUT2D eigenvalue weighted by Crippen LogP contribution is 2.32. The van der Waals surface area contributed by atoms with E-state index < -0.39 is 0 Å². The molecule has 0 radical (unpaired) electrons. The van der Waals surface area contributed by atoms with Crippen molar-refractivity contribution in [1.82, 2.24) is 19.1 Å². The summed E-state index contributed by atoms with van der Waals surface area (Å²) in [5, 5.41) is 4.17. The highest BCUT2D eigenvalue weighted by molar-refractivity contribution is 5.75. The van der Waals surface area contributed by atoms with Crippen LogP contribution in [-0.2, 0) is 17.9 Å². The van der Waals surface area contributed by atoms with Crippen LogP contribution in [0.1, 0.15) is 5.56 Å². The molecule has 1 amide bonds. The number of likely N-dealkylation sites (N-methyl/N-ethyl adjacent to an activating group) is 1. The number of amides is 1. The van der Waals surface area contributed by atoms with Crippen LogP contribution in [0.15, 0.2) is 47.4 Å². The number of nitrogens with zero attached hydrogens (tertiary/aromatic N) is 4. The van der Waals surface area contributed by atoms with E-state index in [1.807, 2.05) is 18.2 Å². The van der Waals surface area contributed by atoms with Gasteiger partial charge in [-0.25, -0.2) is 9.48 Å². The quantitative estimate of drug-likeness (QED) is 0.705. The summed E-state index contributed by atoms with van der Waals surface area (Å²) in [4.78, 5) is 26.2. The number of rotatable bonds is 4. The summed E-state index contributed by atoms with van der Waals surface area (Å²) in [6, 6.07) is 10.8. The average molecular weight is 340 g/mol. The zero-order valence-corrected chi connectivity index (χ0v) is 13.6. The van der Waals surface area contributed by atoms with Crippen LogP contribution in [0.4, 0.5) is 0 Å². The topological polar surface area (TPSA) is 78.1 Å². The standard InChI is InChI=1S/C17H16N4O4/c1-19(9-12-5-6-13-14(8-12)25-11-24-13)16(22)10-21-17(23)20-7-3-2-4-15(20)18-21/h2-8H,9-11H2,1H3. The molecule has 8 heteroatoms. The zero-order chi connectivity index (χ0) is 17.4. The van der Waals surface area contributed by atoms with Gasteiger partial charge in [0, 0.05) is 19.8 Å². The number of benzene rings is 1. The molecule has 3 aromatic rings. The SMILES string of the molecule is CN(Cc1ccc2c(c1)OCO2)C(=O)Cn1nc2ccccn2c1=O. The van der Waals surface area contributed by atoms with E-state index in [1.54, 1.807) is 36.3 Å². The van der Waals surface area contributed by atoms with Crippen LogP contribution in [0.25, 0.3) is 5.65 Å². The van der Waals surface area contributed by atoms with Gasteiger partial charge in [-0.3, -0.25) is 9.20 Å². The monoisotopic (exact) mass is 340 g/mol. The molecule has 0 atom stereocenters. The Hall–Kier alpha value is -3.29.